The zero-order valence-electron chi connectivity index (χ0n) is 9.71. The average molecular weight is 197 g/mol. The maximum Gasteiger partial charge on any atom is 0.0564 e. The van der Waals surface area contributed by atoms with Gasteiger partial charge in [0, 0.05) is 19.6 Å². The molecule has 0 saturated carbocycles. The van der Waals surface area contributed by atoms with Crippen LogP contribution in [0.25, 0.3) is 0 Å². The Morgan fingerprint density at radius 2 is 1.93 bits per heavy atom. The molecular weight excluding hydrogens is 174 g/mol. The predicted molar refractivity (Wildman–Crippen MR) is 60.3 cm³/mol. The average Bonchev–Trinajstić information content (AvgIpc) is 2.08. The van der Waals surface area contributed by atoms with Gasteiger partial charge in [-0.3, -0.25) is 0 Å². The third-order valence-electron chi connectivity index (χ3n) is 3.33. The van der Waals surface area contributed by atoms with Crippen LogP contribution >= 0.6 is 0 Å². The minimum Gasteiger partial charge on any atom is -0.393 e. The molecule has 0 aromatic heterocycles. The zero-order valence-corrected chi connectivity index (χ0v) is 9.71. The van der Waals surface area contributed by atoms with E-state index in [0.29, 0.717) is 0 Å². The summed E-state index contributed by atoms with van der Waals surface area (Å²) < 4.78 is 0. The second-order valence-corrected chi connectivity index (χ2v) is 5.17. The van der Waals surface area contributed by atoms with E-state index in [1.807, 2.05) is 0 Å². The summed E-state index contributed by atoms with van der Waals surface area (Å²) in [6.45, 7) is 13.7. The number of hydrogen-bond donors (Lipinski definition) is 1. The van der Waals surface area contributed by atoms with Crippen LogP contribution in [0.5, 0.6) is 0 Å². The first-order chi connectivity index (χ1) is 6.42. The number of rotatable bonds is 3. The van der Waals surface area contributed by atoms with Crippen molar-refractivity contribution in [2.24, 2.45) is 5.41 Å². The van der Waals surface area contributed by atoms with Gasteiger partial charge in [-0.05, 0) is 25.2 Å². The maximum atomic E-state index is 9.39. The second-order valence-electron chi connectivity index (χ2n) is 5.17. The van der Waals surface area contributed by atoms with Gasteiger partial charge in [-0.1, -0.05) is 26.0 Å². The molecule has 0 amide bonds. The van der Waals surface area contributed by atoms with E-state index in [2.05, 4.69) is 32.3 Å². The molecule has 0 radical (unpaired) electrons. The van der Waals surface area contributed by atoms with Crippen LogP contribution in [0, 0.1) is 5.41 Å². The quantitative estimate of drug-likeness (QED) is 0.700. The highest BCUT2D eigenvalue weighted by atomic mass is 16.3. The molecule has 0 spiro atoms. The van der Waals surface area contributed by atoms with Crippen molar-refractivity contribution in [3.63, 3.8) is 0 Å². The molecule has 1 saturated heterocycles. The van der Waals surface area contributed by atoms with E-state index in [1.54, 1.807) is 0 Å². The Labute approximate surface area is 87.6 Å². The molecule has 2 nitrogen and oxygen atoms in total. The molecular formula is C12H23NO. The van der Waals surface area contributed by atoms with Crippen molar-refractivity contribution >= 4 is 0 Å². The first kappa shape index (κ1) is 11.7. The van der Waals surface area contributed by atoms with E-state index in [0.717, 1.165) is 32.5 Å². The lowest BCUT2D eigenvalue weighted by atomic mass is 9.85. The van der Waals surface area contributed by atoms with Crippen LogP contribution in [-0.2, 0) is 0 Å². The number of likely N-dealkylation sites (tertiary alicyclic amines) is 1. The van der Waals surface area contributed by atoms with Gasteiger partial charge in [0.1, 0.15) is 0 Å². The molecule has 0 aromatic rings. The summed E-state index contributed by atoms with van der Waals surface area (Å²) >= 11 is 0. The summed E-state index contributed by atoms with van der Waals surface area (Å²) in [7, 11) is 0. The fraction of sp³-hybridized carbons (Fsp3) is 0.833. The first-order valence-electron chi connectivity index (χ1n) is 5.48. The normalized spacial score (nSPS) is 21.1. The highest BCUT2D eigenvalue weighted by molar-refractivity contribution is 5.04. The number of piperidine rings is 1. The fourth-order valence-corrected chi connectivity index (χ4v) is 1.77. The monoisotopic (exact) mass is 197 g/mol. The molecule has 14 heavy (non-hydrogen) atoms. The molecule has 1 N–H and O–H groups in total. The molecule has 2 heteroatoms. The van der Waals surface area contributed by atoms with Crippen molar-refractivity contribution in [2.75, 3.05) is 19.6 Å². The molecule has 82 valence electrons. The number of hydrogen-bond acceptors (Lipinski definition) is 2. The number of aliphatic hydroxyl groups excluding tert-OH is 1. The van der Waals surface area contributed by atoms with Crippen LogP contribution < -0.4 is 0 Å². The molecule has 1 aliphatic rings. The first-order valence-corrected chi connectivity index (χ1v) is 5.48. The lowest BCUT2D eigenvalue weighted by Gasteiger charge is -2.36. The topological polar surface area (TPSA) is 23.5 Å². The standard InChI is InChI=1S/C12H23NO/c1-10(2)12(3,4)9-13-7-5-11(14)6-8-13/h11,14H,1,5-9H2,2-4H3. The molecule has 0 atom stereocenters. The summed E-state index contributed by atoms with van der Waals surface area (Å²) in [6, 6.07) is 0. The van der Waals surface area contributed by atoms with Crippen molar-refractivity contribution in [3.8, 4) is 0 Å². The van der Waals surface area contributed by atoms with Gasteiger partial charge in [-0.25, -0.2) is 0 Å². The number of nitrogens with zero attached hydrogens (tertiary/aromatic N) is 1. The SMILES string of the molecule is C=C(C)C(C)(C)CN1CCC(O)CC1. The Balaban J connectivity index is 2.41. The fourth-order valence-electron chi connectivity index (χ4n) is 1.77. The van der Waals surface area contributed by atoms with Crippen molar-refractivity contribution in [1.82, 2.24) is 4.90 Å². The van der Waals surface area contributed by atoms with E-state index in [9.17, 15) is 5.11 Å². The van der Waals surface area contributed by atoms with Crippen molar-refractivity contribution in [1.29, 1.82) is 0 Å². The van der Waals surface area contributed by atoms with E-state index >= 15 is 0 Å². The maximum absolute atomic E-state index is 9.39. The molecule has 0 aromatic carbocycles. The molecule has 0 unspecified atom stereocenters. The highest BCUT2D eigenvalue weighted by Gasteiger charge is 2.25. The smallest absolute Gasteiger partial charge is 0.0564 e. The molecule has 1 fully saturated rings. The van der Waals surface area contributed by atoms with Crippen LogP contribution in [0.15, 0.2) is 12.2 Å². The zero-order chi connectivity index (χ0) is 10.8. The molecule has 1 heterocycles. The Morgan fingerprint density at radius 3 is 2.36 bits per heavy atom. The van der Waals surface area contributed by atoms with E-state index in [1.165, 1.54) is 5.57 Å². The Kier molecular flexibility index (Phi) is 3.73. The minimum atomic E-state index is -0.0702. The Morgan fingerprint density at radius 1 is 1.43 bits per heavy atom. The predicted octanol–water partition coefficient (Wildman–Crippen LogP) is 2.05. The van der Waals surface area contributed by atoms with Gasteiger partial charge in [-0.15, -0.1) is 0 Å². The van der Waals surface area contributed by atoms with Crippen molar-refractivity contribution < 1.29 is 5.11 Å². The van der Waals surface area contributed by atoms with Crippen LogP contribution in [0.4, 0.5) is 0 Å². The van der Waals surface area contributed by atoms with E-state index in [-0.39, 0.29) is 11.5 Å². The highest BCUT2D eigenvalue weighted by Crippen LogP contribution is 2.26. The van der Waals surface area contributed by atoms with Crippen molar-refractivity contribution in [3.05, 3.63) is 12.2 Å². The van der Waals surface area contributed by atoms with E-state index < -0.39 is 0 Å². The molecule has 0 aliphatic carbocycles. The van der Waals surface area contributed by atoms with Crippen LogP contribution in [0.2, 0.25) is 0 Å². The van der Waals surface area contributed by atoms with Gasteiger partial charge >= 0.3 is 0 Å². The van der Waals surface area contributed by atoms with Gasteiger partial charge in [0.15, 0.2) is 0 Å². The Bertz CT molecular complexity index is 202. The van der Waals surface area contributed by atoms with Gasteiger partial charge < -0.3 is 10.0 Å². The Hall–Kier alpha value is -0.340. The van der Waals surface area contributed by atoms with Gasteiger partial charge in [-0.2, -0.15) is 0 Å². The largest absolute Gasteiger partial charge is 0.393 e. The van der Waals surface area contributed by atoms with Crippen LogP contribution in [0.3, 0.4) is 0 Å². The summed E-state index contributed by atoms with van der Waals surface area (Å²) in [5.41, 5.74) is 1.44. The lowest BCUT2D eigenvalue weighted by molar-refractivity contribution is 0.0688. The second kappa shape index (κ2) is 4.45. The summed E-state index contributed by atoms with van der Waals surface area (Å²) in [4.78, 5) is 2.43. The van der Waals surface area contributed by atoms with E-state index in [4.69, 9.17) is 0 Å². The third-order valence-corrected chi connectivity index (χ3v) is 3.33. The third kappa shape index (κ3) is 3.10. The van der Waals surface area contributed by atoms with Gasteiger partial charge in [0.25, 0.3) is 0 Å². The van der Waals surface area contributed by atoms with Crippen molar-refractivity contribution in [2.45, 2.75) is 39.7 Å². The summed E-state index contributed by atoms with van der Waals surface area (Å²) in [6.07, 6.45) is 1.78. The summed E-state index contributed by atoms with van der Waals surface area (Å²) in [5, 5.41) is 9.39. The molecule has 0 bridgehead atoms. The van der Waals surface area contributed by atoms with Crippen LogP contribution in [-0.4, -0.2) is 35.7 Å². The lowest BCUT2D eigenvalue weighted by Crippen LogP contribution is -2.41. The van der Waals surface area contributed by atoms with Gasteiger partial charge in [0.05, 0.1) is 6.10 Å². The number of aliphatic hydroxyl groups is 1. The van der Waals surface area contributed by atoms with Gasteiger partial charge in [0.2, 0.25) is 0 Å². The van der Waals surface area contributed by atoms with Crippen LogP contribution in [0.1, 0.15) is 33.6 Å². The summed E-state index contributed by atoms with van der Waals surface area (Å²) in [5.74, 6) is 0. The molecule has 1 aliphatic heterocycles. The minimum absolute atomic E-state index is 0.0702. The molecule has 1 rings (SSSR count).